The Balaban J connectivity index is 1.03. The van der Waals surface area contributed by atoms with Gasteiger partial charge < -0.3 is 9.32 Å². The molecule has 1 aromatic heterocycles. The van der Waals surface area contributed by atoms with Gasteiger partial charge in [-0.25, -0.2) is 0 Å². The lowest BCUT2D eigenvalue weighted by Crippen LogP contribution is -2.09. The molecule has 0 spiro atoms. The molecule has 0 aliphatic rings. The maximum Gasteiger partial charge on any atom is 0.137 e. The molecule has 10 aromatic carbocycles. The second kappa shape index (κ2) is 13.2. The molecule has 11 aromatic rings. The average molecular weight is 714 g/mol. The van der Waals surface area contributed by atoms with E-state index >= 15 is 0 Å². The van der Waals surface area contributed by atoms with Crippen molar-refractivity contribution >= 4 is 71.3 Å². The van der Waals surface area contributed by atoms with E-state index in [1.165, 1.54) is 65.7 Å². The van der Waals surface area contributed by atoms with Gasteiger partial charge in [0.15, 0.2) is 0 Å². The molecule has 11 rings (SSSR count). The summed E-state index contributed by atoms with van der Waals surface area (Å²) in [5.41, 5.74) is 12.1. The Hall–Kier alpha value is -7.42. The van der Waals surface area contributed by atoms with E-state index in [2.05, 4.69) is 217 Å². The van der Waals surface area contributed by atoms with Gasteiger partial charge in [-0.1, -0.05) is 152 Å². The van der Waals surface area contributed by atoms with Crippen LogP contribution in [0.4, 0.5) is 17.1 Å². The van der Waals surface area contributed by atoms with Crippen LogP contribution in [-0.4, -0.2) is 0 Å². The van der Waals surface area contributed by atoms with Crippen molar-refractivity contribution < 1.29 is 4.42 Å². The van der Waals surface area contributed by atoms with Gasteiger partial charge in [0.25, 0.3) is 0 Å². The van der Waals surface area contributed by atoms with Crippen LogP contribution in [0, 0.1) is 0 Å². The van der Waals surface area contributed by atoms with Crippen LogP contribution in [0.15, 0.2) is 217 Å². The van der Waals surface area contributed by atoms with E-state index in [0.717, 1.165) is 39.0 Å². The van der Waals surface area contributed by atoms with E-state index < -0.39 is 0 Å². The van der Waals surface area contributed by atoms with Gasteiger partial charge in [0, 0.05) is 33.9 Å². The fourth-order valence-electron chi connectivity index (χ4n) is 8.51. The molecule has 1 heterocycles. The summed E-state index contributed by atoms with van der Waals surface area (Å²) < 4.78 is 6.56. The maximum atomic E-state index is 6.56. The third-order valence-electron chi connectivity index (χ3n) is 11.2. The van der Waals surface area contributed by atoms with Gasteiger partial charge in [0.1, 0.15) is 11.2 Å². The van der Waals surface area contributed by atoms with Crippen molar-refractivity contribution in [1.29, 1.82) is 0 Å². The predicted octanol–water partition coefficient (Wildman–Crippen LogP) is 15.5. The molecule has 0 radical (unpaired) electrons. The molecular formula is C54H35NO. The van der Waals surface area contributed by atoms with Gasteiger partial charge in [0.2, 0.25) is 0 Å². The van der Waals surface area contributed by atoms with E-state index in [-0.39, 0.29) is 0 Å². The molecule has 0 unspecified atom stereocenters. The number of furan rings is 1. The van der Waals surface area contributed by atoms with Crippen molar-refractivity contribution in [2.45, 2.75) is 0 Å². The molecule has 0 N–H and O–H groups in total. The quantitative estimate of drug-likeness (QED) is 0.160. The highest BCUT2D eigenvalue weighted by Crippen LogP contribution is 2.43. The predicted molar refractivity (Wildman–Crippen MR) is 237 cm³/mol. The first kappa shape index (κ1) is 32.0. The number of anilines is 3. The molecule has 0 amide bonds. The second-order valence-electron chi connectivity index (χ2n) is 14.5. The van der Waals surface area contributed by atoms with Crippen LogP contribution in [0.25, 0.3) is 87.6 Å². The van der Waals surface area contributed by atoms with Crippen LogP contribution in [0.5, 0.6) is 0 Å². The van der Waals surface area contributed by atoms with E-state index in [1.54, 1.807) is 0 Å². The highest BCUT2D eigenvalue weighted by Gasteiger charge is 2.18. The fraction of sp³-hybridized carbons (Fsp3) is 0. The zero-order valence-corrected chi connectivity index (χ0v) is 30.6. The summed E-state index contributed by atoms with van der Waals surface area (Å²) >= 11 is 0. The van der Waals surface area contributed by atoms with Crippen LogP contribution in [0.1, 0.15) is 0 Å². The summed E-state index contributed by atoms with van der Waals surface area (Å²) in [6, 6.07) is 76.4. The van der Waals surface area contributed by atoms with Crippen LogP contribution in [-0.2, 0) is 0 Å². The van der Waals surface area contributed by atoms with Crippen molar-refractivity contribution in [3.05, 3.63) is 212 Å². The minimum atomic E-state index is 0.867. The topological polar surface area (TPSA) is 16.4 Å². The van der Waals surface area contributed by atoms with Crippen molar-refractivity contribution in [2.75, 3.05) is 4.90 Å². The van der Waals surface area contributed by atoms with Gasteiger partial charge in [0.05, 0.1) is 0 Å². The molecule has 0 aliphatic heterocycles. The molecule has 2 nitrogen and oxygen atoms in total. The van der Waals surface area contributed by atoms with Crippen molar-refractivity contribution in [2.24, 2.45) is 0 Å². The Labute approximate surface area is 325 Å². The monoisotopic (exact) mass is 713 g/mol. The summed E-state index contributed by atoms with van der Waals surface area (Å²) in [7, 11) is 0. The van der Waals surface area contributed by atoms with E-state index in [4.69, 9.17) is 4.42 Å². The highest BCUT2D eigenvalue weighted by atomic mass is 16.3. The number of hydrogen-bond donors (Lipinski definition) is 0. The van der Waals surface area contributed by atoms with Gasteiger partial charge in [-0.3, -0.25) is 0 Å². The standard InChI is InChI=1S/C54H35NO/c1-2-12-36(13-3-1)37-22-26-42(27-23-37)55(44-30-31-50-52-32-39-14-4-5-15-40(39)34-53(52)56-54(50)35-44)43-28-24-38(25-29-43)45-17-8-9-20-48(45)51-33-41-16-6-7-18-46(41)47-19-10-11-21-49(47)51/h1-35H. The lowest BCUT2D eigenvalue weighted by atomic mass is 9.89. The average Bonchev–Trinajstić information content (AvgIpc) is 3.62. The first-order valence-electron chi connectivity index (χ1n) is 19.2. The molecule has 0 saturated carbocycles. The van der Waals surface area contributed by atoms with Crippen LogP contribution in [0.2, 0.25) is 0 Å². The molecular weight excluding hydrogens is 679 g/mol. The van der Waals surface area contributed by atoms with E-state index in [0.29, 0.717) is 0 Å². The zero-order valence-electron chi connectivity index (χ0n) is 30.6. The van der Waals surface area contributed by atoms with E-state index in [1.807, 2.05) is 0 Å². The Morgan fingerprint density at radius 1 is 0.268 bits per heavy atom. The number of hydrogen-bond acceptors (Lipinski definition) is 2. The SMILES string of the molecule is c1ccc(-c2ccc(N(c3ccc(-c4ccccc4-c4cc5ccccc5c5ccccc45)cc3)c3ccc4c(c3)oc3cc5ccccc5cc34)cc2)cc1. The van der Waals surface area contributed by atoms with E-state index in [9.17, 15) is 0 Å². The first-order valence-corrected chi connectivity index (χ1v) is 19.2. The van der Waals surface area contributed by atoms with Crippen LogP contribution < -0.4 is 4.90 Å². The van der Waals surface area contributed by atoms with Crippen molar-refractivity contribution in [1.82, 2.24) is 0 Å². The lowest BCUT2D eigenvalue weighted by molar-refractivity contribution is 0.669. The molecule has 56 heavy (non-hydrogen) atoms. The van der Waals surface area contributed by atoms with Crippen molar-refractivity contribution in [3.8, 4) is 33.4 Å². The number of nitrogens with zero attached hydrogens (tertiary/aromatic N) is 1. The Morgan fingerprint density at radius 3 is 1.55 bits per heavy atom. The summed E-state index contributed by atoms with van der Waals surface area (Å²) in [4.78, 5) is 2.32. The normalized spacial score (nSPS) is 11.6. The minimum Gasteiger partial charge on any atom is -0.456 e. The Morgan fingerprint density at radius 2 is 0.804 bits per heavy atom. The fourth-order valence-corrected chi connectivity index (χ4v) is 8.51. The first-order chi connectivity index (χ1) is 27.7. The molecule has 0 bridgehead atoms. The maximum absolute atomic E-state index is 6.56. The molecule has 262 valence electrons. The number of benzene rings is 10. The summed E-state index contributed by atoms with van der Waals surface area (Å²) in [6.07, 6.45) is 0. The minimum absolute atomic E-state index is 0.867. The summed E-state index contributed by atoms with van der Waals surface area (Å²) in [6.45, 7) is 0. The molecule has 0 fully saturated rings. The van der Waals surface area contributed by atoms with Crippen molar-refractivity contribution in [3.63, 3.8) is 0 Å². The smallest absolute Gasteiger partial charge is 0.137 e. The van der Waals surface area contributed by atoms with Crippen LogP contribution in [0.3, 0.4) is 0 Å². The summed E-state index contributed by atoms with van der Waals surface area (Å²) in [5.74, 6) is 0. The molecule has 0 saturated heterocycles. The molecule has 2 heteroatoms. The second-order valence-corrected chi connectivity index (χ2v) is 14.5. The third kappa shape index (κ3) is 5.42. The highest BCUT2D eigenvalue weighted by molar-refractivity contribution is 6.15. The Bertz CT molecular complexity index is 3230. The largest absolute Gasteiger partial charge is 0.456 e. The number of fused-ring (bicyclic) bond motifs is 7. The van der Waals surface area contributed by atoms with Gasteiger partial charge in [-0.05, 0) is 120 Å². The van der Waals surface area contributed by atoms with Gasteiger partial charge in [-0.15, -0.1) is 0 Å². The molecule has 0 atom stereocenters. The van der Waals surface area contributed by atoms with Gasteiger partial charge >= 0.3 is 0 Å². The number of rotatable bonds is 6. The van der Waals surface area contributed by atoms with Gasteiger partial charge in [-0.2, -0.15) is 0 Å². The van der Waals surface area contributed by atoms with Crippen LogP contribution >= 0.6 is 0 Å². The Kier molecular flexibility index (Phi) is 7.53. The third-order valence-corrected chi connectivity index (χ3v) is 11.2. The lowest BCUT2D eigenvalue weighted by Gasteiger charge is -2.26. The zero-order chi connectivity index (χ0) is 37.0. The summed E-state index contributed by atoms with van der Waals surface area (Å²) in [5, 5.41) is 9.68. The molecule has 0 aliphatic carbocycles.